The van der Waals surface area contributed by atoms with Crippen molar-refractivity contribution >= 4 is 11.5 Å². The van der Waals surface area contributed by atoms with Crippen LogP contribution in [0.15, 0.2) is 30.3 Å². The van der Waals surface area contributed by atoms with E-state index in [1.807, 2.05) is 24.4 Å². The highest BCUT2D eigenvalue weighted by atomic mass is 15.3. The molecule has 0 atom stereocenters. The van der Waals surface area contributed by atoms with Crippen LogP contribution in [0.3, 0.4) is 0 Å². The van der Waals surface area contributed by atoms with Gasteiger partial charge in [0.2, 0.25) is 0 Å². The highest BCUT2D eigenvalue weighted by Gasteiger charge is 2.15. The molecule has 1 aromatic carbocycles. The van der Waals surface area contributed by atoms with Crippen LogP contribution >= 0.6 is 0 Å². The average Bonchev–Trinajstić information content (AvgIpc) is 2.82. The molecule has 4 heteroatoms. The molecule has 0 aliphatic carbocycles. The third-order valence-corrected chi connectivity index (χ3v) is 3.79. The lowest BCUT2D eigenvalue weighted by Crippen LogP contribution is -2.07. The first kappa shape index (κ1) is 14.6. The van der Waals surface area contributed by atoms with E-state index in [0.717, 1.165) is 46.9 Å². The molecule has 4 nitrogen and oxygen atoms in total. The molecule has 0 saturated heterocycles. The molecule has 0 aliphatic rings. The molecule has 0 aliphatic heterocycles. The molecule has 114 valence electrons. The molecule has 3 rings (SSSR count). The van der Waals surface area contributed by atoms with Gasteiger partial charge < -0.3 is 5.32 Å². The van der Waals surface area contributed by atoms with Gasteiger partial charge in [-0.2, -0.15) is 9.61 Å². The average molecular weight is 294 g/mol. The van der Waals surface area contributed by atoms with Crippen molar-refractivity contribution in [1.29, 1.82) is 0 Å². The normalized spacial score (nSPS) is 11.1. The molecular weight excluding hydrogens is 272 g/mol. The number of nitrogens with zero attached hydrogens (tertiary/aromatic N) is 3. The Morgan fingerprint density at radius 2 is 1.82 bits per heavy atom. The summed E-state index contributed by atoms with van der Waals surface area (Å²) in [4.78, 5) is 4.72. The zero-order chi connectivity index (χ0) is 15.7. The number of rotatable bonds is 4. The first-order valence-electron chi connectivity index (χ1n) is 7.78. The molecule has 0 amide bonds. The molecule has 2 aromatic heterocycles. The molecule has 1 N–H and O–H groups in total. The van der Waals surface area contributed by atoms with Crippen molar-refractivity contribution in [2.75, 3.05) is 11.9 Å². The van der Waals surface area contributed by atoms with E-state index in [1.54, 1.807) is 0 Å². The largest absolute Gasteiger partial charge is 0.370 e. The lowest BCUT2D eigenvalue weighted by Gasteiger charge is -2.08. The van der Waals surface area contributed by atoms with Gasteiger partial charge in [-0.15, -0.1) is 0 Å². The van der Waals surface area contributed by atoms with E-state index in [0.29, 0.717) is 0 Å². The predicted octanol–water partition coefficient (Wildman–Crippen LogP) is 4.14. The molecular formula is C18H22N4. The zero-order valence-corrected chi connectivity index (χ0v) is 13.6. The van der Waals surface area contributed by atoms with Gasteiger partial charge in [-0.3, -0.25) is 0 Å². The maximum absolute atomic E-state index is 4.72. The Morgan fingerprint density at radius 3 is 2.50 bits per heavy atom. The SMILES string of the molecule is CCCNc1cc(C)nc2c(-c3ccc(C)cc3)c(C)nn12. The van der Waals surface area contributed by atoms with Crippen molar-refractivity contribution in [3.8, 4) is 11.1 Å². The van der Waals surface area contributed by atoms with Crippen LogP contribution in [-0.2, 0) is 0 Å². The second-order valence-electron chi connectivity index (χ2n) is 5.77. The highest BCUT2D eigenvalue weighted by Crippen LogP contribution is 2.29. The number of fused-ring (bicyclic) bond motifs is 1. The minimum Gasteiger partial charge on any atom is -0.370 e. The molecule has 0 fully saturated rings. The summed E-state index contributed by atoms with van der Waals surface area (Å²) in [5.41, 5.74) is 6.45. The summed E-state index contributed by atoms with van der Waals surface area (Å²) in [6.45, 7) is 9.25. The standard InChI is InChI=1S/C18H22N4/c1-5-10-19-16-11-13(3)20-18-17(14(4)21-22(16)18)15-8-6-12(2)7-9-15/h6-9,11,19H,5,10H2,1-4H3. The van der Waals surface area contributed by atoms with E-state index in [2.05, 4.69) is 43.4 Å². The van der Waals surface area contributed by atoms with Gasteiger partial charge >= 0.3 is 0 Å². The minimum absolute atomic E-state index is 0.917. The van der Waals surface area contributed by atoms with Crippen molar-refractivity contribution in [1.82, 2.24) is 14.6 Å². The third kappa shape index (κ3) is 2.56. The minimum atomic E-state index is 0.917. The second-order valence-corrected chi connectivity index (χ2v) is 5.77. The Balaban J connectivity index is 2.21. The molecule has 0 radical (unpaired) electrons. The molecule has 0 unspecified atom stereocenters. The van der Waals surface area contributed by atoms with Crippen molar-refractivity contribution < 1.29 is 0 Å². The molecule has 22 heavy (non-hydrogen) atoms. The molecule has 3 aromatic rings. The fourth-order valence-corrected chi connectivity index (χ4v) is 2.68. The number of aromatic nitrogens is 3. The van der Waals surface area contributed by atoms with Crippen LogP contribution in [0.1, 0.15) is 30.3 Å². The number of hydrogen-bond acceptors (Lipinski definition) is 3. The summed E-state index contributed by atoms with van der Waals surface area (Å²) in [6.07, 6.45) is 1.08. The van der Waals surface area contributed by atoms with E-state index in [1.165, 1.54) is 5.56 Å². The molecule has 0 saturated carbocycles. The Morgan fingerprint density at radius 1 is 1.09 bits per heavy atom. The van der Waals surface area contributed by atoms with E-state index in [-0.39, 0.29) is 0 Å². The number of hydrogen-bond donors (Lipinski definition) is 1. The number of anilines is 1. The summed E-state index contributed by atoms with van der Waals surface area (Å²) in [5, 5.41) is 8.14. The summed E-state index contributed by atoms with van der Waals surface area (Å²) < 4.78 is 1.92. The number of aryl methyl sites for hydroxylation is 3. The van der Waals surface area contributed by atoms with Crippen LogP contribution in [0.4, 0.5) is 5.82 Å². The quantitative estimate of drug-likeness (QED) is 0.786. The van der Waals surface area contributed by atoms with Gasteiger partial charge in [0.05, 0.1) is 5.69 Å². The maximum Gasteiger partial charge on any atom is 0.165 e. The van der Waals surface area contributed by atoms with Gasteiger partial charge in [0.25, 0.3) is 0 Å². The van der Waals surface area contributed by atoms with E-state index >= 15 is 0 Å². The molecule has 0 bridgehead atoms. The van der Waals surface area contributed by atoms with Gasteiger partial charge in [0.1, 0.15) is 5.82 Å². The van der Waals surface area contributed by atoms with Gasteiger partial charge in [-0.1, -0.05) is 36.8 Å². The van der Waals surface area contributed by atoms with Crippen molar-refractivity contribution in [3.63, 3.8) is 0 Å². The number of benzene rings is 1. The Labute approximate surface area is 131 Å². The van der Waals surface area contributed by atoms with Crippen LogP contribution in [0.25, 0.3) is 16.8 Å². The van der Waals surface area contributed by atoms with E-state index in [4.69, 9.17) is 10.1 Å². The summed E-state index contributed by atoms with van der Waals surface area (Å²) >= 11 is 0. The molecule has 2 heterocycles. The second kappa shape index (κ2) is 5.79. The fourth-order valence-electron chi connectivity index (χ4n) is 2.68. The van der Waals surface area contributed by atoms with Crippen molar-refractivity contribution in [2.24, 2.45) is 0 Å². The highest BCUT2D eigenvalue weighted by molar-refractivity contribution is 5.81. The fraction of sp³-hybridized carbons (Fsp3) is 0.333. The Kier molecular flexibility index (Phi) is 3.84. The maximum atomic E-state index is 4.72. The summed E-state index contributed by atoms with van der Waals surface area (Å²) in [7, 11) is 0. The lowest BCUT2D eigenvalue weighted by molar-refractivity contribution is 0.885. The smallest absolute Gasteiger partial charge is 0.165 e. The van der Waals surface area contributed by atoms with E-state index in [9.17, 15) is 0 Å². The summed E-state index contributed by atoms with van der Waals surface area (Å²) in [6, 6.07) is 10.6. The van der Waals surface area contributed by atoms with Gasteiger partial charge in [-0.25, -0.2) is 4.98 Å². The third-order valence-electron chi connectivity index (χ3n) is 3.79. The first-order valence-corrected chi connectivity index (χ1v) is 7.78. The first-order chi connectivity index (χ1) is 10.6. The number of nitrogens with one attached hydrogen (secondary N) is 1. The lowest BCUT2D eigenvalue weighted by atomic mass is 10.0. The molecule has 0 spiro atoms. The van der Waals surface area contributed by atoms with Crippen molar-refractivity contribution in [3.05, 3.63) is 47.3 Å². The van der Waals surface area contributed by atoms with Gasteiger partial charge in [0.15, 0.2) is 5.65 Å². The topological polar surface area (TPSA) is 42.2 Å². The van der Waals surface area contributed by atoms with E-state index < -0.39 is 0 Å². The Bertz CT molecular complexity index is 800. The van der Waals surface area contributed by atoms with Gasteiger partial charge in [-0.05, 0) is 32.8 Å². The summed E-state index contributed by atoms with van der Waals surface area (Å²) in [5.74, 6) is 1.01. The van der Waals surface area contributed by atoms with Crippen molar-refractivity contribution in [2.45, 2.75) is 34.1 Å². The zero-order valence-electron chi connectivity index (χ0n) is 13.6. The Hall–Kier alpha value is -2.36. The predicted molar refractivity (Wildman–Crippen MR) is 91.4 cm³/mol. The van der Waals surface area contributed by atoms with Crippen LogP contribution < -0.4 is 5.32 Å². The van der Waals surface area contributed by atoms with Crippen LogP contribution in [-0.4, -0.2) is 21.1 Å². The monoisotopic (exact) mass is 294 g/mol. The van der Waals surface area contributed by atoms with Gasteiger partial charge in [0, 0.05) is 23.9 Å². The van der Waals surface area contributed by atoms with Crippen LogP contribution in [0.5, 0.6) is 0 Å². The van der Waals surface area contributed by atoms with Crippen LogP contribution in [0.2, 0.25) is 0 Å². The van der Waals surface area contributed by atoms with Crippen LogP contribution in [0, 0.1) is 20.8 Å².